The molecule has 23 heavy (non-hydrogen) atoms. The first kappa shape index (κ1) is 15.5. The highest BCUT2D eigenvalue weighted by Crippen LogP contribution is 2.28. The van der Waals surface area contributed by atoms with Crippen molar-refractivity contribution in [3.63, 3.8) is 0 Å². The Bertz CT molecular complexity index is 985. The molecule has 2 aromatic heterocycles. The van der Waals surface area contributed by atoms with Crippen LogP contribution in [0, 0.1) is 0 Å². The van der Waals surface area contributed by atoms with Crippen LogP contribution in [0.5, 0.6) is 0 Å². The fourth-order valence-electron chi connectivity index (χ4n) is 2.07. The van der Waals surface area contributed by atoms with Gasteiger partial charge in [-0.15, -0.1) is 0 Å². The van der Waals surface area contributed by atoms with Gasteiger partial charge in [0.1, 0.15) is 0 Å². The van der Waals surface area contributed by atoms with Crippen LogP contribution in [0.15, 0.2) is 35.1 Å². The maximum absolute atomic E-state index is 12.1. The lowest BCUT2D eigenvalue weighted by Gasteiger charge is -2.06. The molecule has 0 aliphatic heterocycles. The van der Waals surface area contributed by atoms with Crippen molar-refractivity contribution in [2.24, 2.45) is 0 Å². The highest BCUT2D eigenvalue weighted by molar-refractivity contribution is 6.42. The molecule has 1 amide bonds. The van der Waals surface area contributed by atoms with Crippen molar-refractivity contribution in [3.05, 3.63) is 50.7 Å². The van der Waals surface area contributed by atoms with E-state index in [1.807, 2.05) is 0 Å². The number of pyridine rings is 1. The van der Waals surface area contributed by atoms with Crippen LogP contribution in [0.2, 0.25) is 10.0 Å². The normalized spacial score (nSPS) is 10.7. The van der Waals surface area contributed by atoms with E-state index < -0.39 is 5.56 Å². The lowest BCUT2D eigenvalue weighted by molar-refractivity contribution is -0.114. The zero-order chi connectivity index (χ0) is 16.6. The quantitative estimate of drug-likeness (QED) is 0.743. The topological polar surface area (TPSA) is 87.7 Å². The Kier molecular flexibility index (Phi) is 4.02. The van der Waals surface area contributed by atoms with Gasteiger partial charge in [0.25, 0.3) is 5.56 Å². The van der Waals surface area contributed by atoms with Gasteiger partial charge in [-0.25, -0.2) is 9.97 Å². The van der Waals surface area contributed by atoms with Gasteiger partial charge in [-0.2, -0.15) is 0 Å². The molecule has 0 aliphatic rings. The number of benzene rings is 1. The van der Waals surface area contributed by atoms with Gasteiger partial charge in [0.2, 0.25) is 11.9 Å². The van der Waals surface area contributed by atoms with Crippen LogP contribution in [0.4, 0.5) is 5.95 Å². The molecular formula is C15H10Cl2N4O2. The summed E-state index contributed by atoms with van der Waals surface area (Å²) in [7, 11) is 0. The van der Waals surface area contributed by atoms with Gasteiger partial charge in [0.05, 0.1) is 21.3 Å². The zero-order valence-electron chi connectivity index (χ0n) is 11.9. The van der Waals surface area contributed by atoms with Crippen LogP contribution in [0.1, 0.15) is 6.92 Å². The molecule has 0 saturated carbocycles. The molecule has 3 rings (SSSR count). The summed E-state index contributed by atoms with van der Waals surface area (Å²) in [5.74, 6) is -0.244. The maximum Gasteiger partial charge on any atom is 0.278 e. The number of nitrogens with zero attached hydrogens (tertiary/aromatic N) is 2. The molecule has 0 aliphatic carbocycles. The number of aromatic amines is 1. The summed E-state index contributed by atoms with van der Waals surface area (Å²) in [5, 5.41) is 3.27. The minimum atomic E-state index is -0.444. The number of anilines is 1. The molecule has 6 nitrogen and oxygen atoms in total. The Hall–Kier alpha value is -2.44. The number of aromatic nitrogens is 3. The third-order valence-corrected chi connectivity index (χ3v) is 3.80. The molecule has 3 aromatic rings. The summed E-state index contributed by atoms with van der Waals surface area (Å²) in [6.45, 7) is 1.33. The van der Waals surface area contributed by atoms with Crippen LogP contribution in [-0.2, 0) is 4.79 Å². The largest absolute Gasteiger partial charge is 0.296 e. The van der Waals surface area contributed by atoms with E-state index in [9.17, 15) is 9.59 Å². The summed E-state index contributed by atoms with van der Waals surface area (Å²) < 4.78 is 0. The first-order valence-corrected chi connectivity index (χ1v) is 7.34. The lowest BCUT2D eigenvalue weighted by atomic mass is 10.1. The molecule has 0 spiro atoms. The SMILES string of the molecule is CC(=O)Nc1nc2ccc(-c3ccc(Cl)c(Cl)c3)nc2c(=O)[nH]1. The van der Waals surface area contributed by atoms with E-state index in [1.165, 1.54) is 6.92 Å². The number of fused-ring (bicyclic) bond motifs is 1. The predicted molar refractivity (Wildman–Crippen MR) is 89.9 cm³/mol. The second-order valence-corrected chi connectivity index (χ2v) is 5.60. The van der Waals surface area contributed by atoms with Crippen molar-refractivity contribution in [2.45, 2.75) is 6.92 Å². The molecule has 0 atom stereocenters. The van der Waals surface area contributed by atoms with Crippen LogP contribution in [-0.4, -0.2) is 20.9 Å². The zero-order valence-corrected chi connectivity index (χ0v) is 13.4. The molecule has 1 aromatic carbocycles. The van der Waals surface area contributed by atoms with Crippen LogP contribution >= 0.6 is 23.2 Å². The molecular weight excluding hydrogens is 339 g/mol. The summed E-state index contributed by atoms with van der Waals surface area (Å²) in [5.41, 5.74) is 1.40. The van der Waals surface area contributed by atoms with Crippen molar-refractivity contribution < 1.29 is 4.79 Å². The van der Waals surface area contributed by atoms with E-state index in [-0.39, 0.29) is 17.4 Å². The molecule has 8 heteroatoms. The standard InChI is InChI=1S/C15H10Cl2N4O2/c1-7(22)18-15-20-12-5-4-11(19-13(12)14(23)21-15)8-2-3-9(16)10(17)6-8/h2-6H,1H3,(H2,18,20,21,22,23). The summed E-state index contributed by atoms with van der Waals surface area (Å²) in [6, 6.07) is 8.46. The monoisotopic (exact) mass is 348 g/mol. The van der Waals surface area contributed by atoms with Crippen molar-refractivity contribution in [1.29, 1.82) is 0 Å². The van der Waals surface area contributed by atoms with Gasteiger partial charge >= 0.3 is 0 Å². The maximum atomic E-state index is 12.1. The van der Waals surface area contributed by atoms with Crippen LogP contribution in [0.25, 0.3) is 22.3 Å². The molecule has 2 N–H and O–H groups in total. The van der Waals surface area contributed by atoms with E-state index in [2.05, 4.69) is 20.3 Å². The number of hydrogen-bond acceptors (Lipinski definition) is 4. The fourth-order valence-corrected chi connectivity index (χ4v) is 2.36. The van der Waals surface area contributed by atoms with E-state index >= 15 is 0 Å². The molecule has 0 fully saturated rings. The molecule has 116 valence electrons. The van der Waals surface area contributed by atoms with E-state index in [0.29, 0.717) is 21.3 Å². The average Bonchev–Trinajstić information content (AvgIpc) is 2.49. The van der Waals surface area contributed by atoms with Crippen molar-refractivity contribution in [2.75, 3.05) is 5.32 Å². The minimum absolute atomic E-state index is 0.0825. The Morgan fingerprint density at radius 1 is 1.13 bits per heavy atom. The number of hydrogen-bond donors (Lipinski definition) is 2. The van der Waals surface area contributed by atoms with Gasteiger partial charge in [0, 0.05) is 12.5 Å². The third-order valence-electron chi connectivity index (χ3n) is 3.06. The summed E-state index contributed by atoms with van der Waals surface area (Å²) in [6.07, 6.45) is 0. The molecule has 0 unspecified atom stereocenters. The second-order valence-electron chi connectivity index (χ2n) is 4.79. The highest BCUT2D eigenvalue weighted by atomic mass is 35.5. The van der Waals surface area contributed by atoms with Crippen LogP contribution in [0.3, 0.4) is 0 Å². The van der Waals surface area contributed by atoms with Gasteiger partial charge < -0.3 is 0 Å². The predicted octanol–water partition coefficient (Wildman–Crippen LogP) is 3.25. The molecule has 2 heterocycles. The second kappa shape index (κ2) is 5.98. The van der Waals surface area contributed by atoms with Gasteiger partial charge in [-0.05, 0) is 24.3 Å². The Morgan fingerprint density at radius 2 is 1.91 bits per heavy atom. The number of amides is 1. The van der Waals surface area contributed by atoms with Gasteiger partial charge in [0.15, 0.2) is 5.52 Å². The number of carbonyl (C=O) groups is 1. The Balaban J connectivity index is 2.12. The van der Waals surface area contributed by atoms with Crippen molar-refractivity contribution in [3.8, 4) is 11.3 Å². The van der Waals surface area contributed by atoms with E-state index in [1.54, 1.807) is 30.3 Å². The highest BCUT2D eigenvalue weighted by Gasteiger charge is 2.09. The molecule has 0 radical (unpaired) electrons. The number of H-pyrrole nitrogens is 1. The number of rotatable bonds is 2. The van der Waals surface area contributed by atoms with Crippen molar-refractivity contribution in [1.82, 2.24) is 15.0 Å². The number of halogens is 2. The van der Waals surface area contributed by atoms with Gasteiger partial charge in [-0.1, -0.05) is 29.3 Å². The summed E-state index contributed by atoms with van der Waals surface area (Å²) >= 11 is 11.9. The Morgan fingerprint density at radius 3 is 2.61 bits per heavy atom. The molecule has 0 saturated heterocycles. The molecule has 0 bridgehead atoms. The Labute approximate surface area is 140 Å². The third kappa shape index (κ3) is 3.18. The van der Waals surface area contributed by atoms with Crippen LogP contribution < -0.4 is 10.9 Å². The smallest absolute Gasteiger partial charge is 0.278 e. The van der Waals surface area contributed by atoms with Gasteiger partial charge in [-0.3, -0.25) is 19.9 Å². The average molecular weight is 349 g/mol. The first-order chi connectivity index (χ1) is 10.9. The first-order valence-electron chi connectivity index (χ1n) is 6.58. The van der Waals surface area contributed by atoms with Crippen molar-refractivity contribution >= 4 is 46.1 Å². The van der Waals surface area contributed by atoms with E-state index in [0.717, 1.165) is 5.56 Å². The van der Waals surface area contributed by atoms with E-state index in [4.69, 9.17) is 23.2 Å². The number of nitrogens with one attached hydrogen (secondary N) is 2. The minimum Gasteiger partial charge on any atom is -0.296 e. The lowest BCUT2D eigenvalue weighted by Crippen LogP contribution is -2.16. The number of carbonyl (C=O) groups excluding carboxylic acids is 1. The fraction of sp³-hybridized carbons (Fsp3) is 0.0667. The summed E-state index contributed by atoms with van der Waals surface area (Å²) in [4.78, 5) is 34.1.